The van der Waals surface area contributed by atoms with E-state index in [1.54, 1.807) is 25.1 Å². The van der Waals surface area contributed by atoms with Gasteiger partial charge in [0.1, 0.15) is 5.82 Å². The number of rotatable bonds is 4. The Labute approximate surface area is 143 Å². The van der Waals surface area contributed by atoms with Crippen LogP contribution in [0.5, 0.6) is 0 Å². The highest BCUT2D eigenvalue weighted by atomic mass is 19.1. The molecule has 1 aliphatic heterocycles. The minimum absolute atomic E-state index is 0.0502. The van der Waals surface area contributed by atoms with Crippen molar-refractivity contribution in [2.75, 3.05) is 11.9 Å². The van der Waals surface area contributed by atoms with Crippen molar-refractivity contribution in [2.45, 2.75) is 19.8 Å². The molecular formula is C19H16FNO4. The average Bonchev–Trinajstić information content (AvgIpc) is 2.61. The highest BCUT2D eigenvalue weighted by molar-refractivity contribution is 6.01. The Bertz CT molecular complexity index is 876. The van der Waals surface area contributed by atoms with Crippen LogP contribution in [-0.4, -0.2) is 24.3 Å². The Kier molecular flexibility index (Phi) is 4.61. The minimum atomic E-state index is -0.752. The molecule has 6 heteroatoms. The molecule has 0 saturated carbocycles. The van der Waals surface area contributed by atoms with Crippen LogP contribution >= 0.6 is 0 Å². The number of carbonyl (C=O) groups excluding carboxylic acids is 3. The quantitative estimate of drug-likeness (QED) is 0.685. The number of ketones is 1. The van der Waals surface area contributed by atoms with E-state index >= 15 is 0 Å². The number of esters is 1. The second-order valence-electron chi connectivity index (χ2n) is 5.88. The maximum atomic E-state index is 13.5. The van der Waals surface area contributed by atoms with Gasteiger partial charge in [-0.25, -0.2) is 9.18 Å². The van der Waals surface area contributed by atoms with Crippen molar-refractivity contribution in [3.63, 3.8) is 0 Å². The maximum absolute atomic E-state index is 13.5. The van der Waals surface area contributed by atoms with E-state index in [1.807, 2.05) is 0 Å². The molecule has 0 spiro atoms. The number of halogens is 1. The summed E-state index contributed by atoms with van der Waals surface area (Å²) < 4.78 is 18.5. The Morgan fingerprint density at radius 2 is 1.88 bits per heavy atom. The second kappa shape index (κ2) is 6.84. The van der Waals surface area contributed by atoms with Crippen LogP contribution in [0, 0.1) is 12.7 Å². The zero-order valence-electron chi connectivity index (χ0n) is 13.6. The number of anilines is 1. The van der Waals surface area contributed by atoms with E-state index in [0.717, 1.165) is 11.6 Å². The van der Waals surface area contributed by atoms with Gasteiger partial charge in [0.25, 0.3) is 0 Å². The normalized spacial score (nSPS) is 13.0. The lowest BCUT2D eigenvalue weighted by Gasteiger charge is -2.17. The summed E-state index contributed by atoms with van der Waals surface area (Å²) in [7, 11) is 0. The molecule has 5 nitrogen and oxygen atoms in total. The van der Waals surface area contributed by atoms with Gasteiger partial charge in [0.15, 0.2) is 12.4 Å². The van der Waals surface area contributed by atoms with E-state index in [2.05, 4.69) is 5.32 Å². The molecule has 25 heavy (non-hydrogen) atoms. The van der Waals surface area contributed by atoms with E-state index in [9.17, 15) is 18.8 Å². The number of hydrogen-bond donors (Lipinski definition) is 1. The highest BCUT2D eigenvalue weighted by Crippen LogP contribution is 2.23. The molecule has 0 bridgehead atoms. The second-order valence-corrected chi connectivity index (χ2v) is 5.88. The highest BCUT2D eigenvalue weighted by Gasteiger charge is 2.18. The van der Waals surface area contributed by atoms with Crippen molar-refractivity contribution in [3.8, 4) is 0 Å². The van der Waals surface area contributed by atoms with Crippen LogP contribution in [0.25, 0.3) is 0 Å². The number of hydrogen-bond acceptors (Lipinski definition) is 4. The predicted octanol–water partition coefficient (Wildman–Crippen LogP) is 3.06. The van der Waals surface area contributed by atoms with Crippen molar-refractivity contribution in [1.82, 2.24) is 0 Å². The van der Waals surface area contributed by atoms with Gasteiger partial charge < -0.3 is 10.1 Å². The van der Waals surface area contributed by atoms with Crippen molar-refractivity contribution in [1.29, 1.82) is 0 Å². The number of fused-ring (bicyclic) bond motifs is 1. The molecule has 1 heterocycles. The molecule has 0 radical (unpaired) electrons. The van der Waals surface area contributed by atoms with Gasteiger partial charge in [0.05, 0.1) is 5.56 Å². The summed E-state index contributed by atoms with van der Waals surface area (Å²) in [5, 5.41) is 2.74. The van der Waals surface area contributed by atoms with E-state index in [4.69, 9.17) is 4.74 Å². The topological polar surface area (TPSA) is 72.5 Å². The lowest BCUT2D eigenvalue weighted by atomic mass is 9.99. The van der Waals surface area contributed by atoms with Gasteiger partial charge in [0, 0.05) is 17.7 Å². The van der Waals surface area contributed by atoms with Gasteiger partial charge in [-0.3, -0.25) is 9.59 Å². The van der Waals surface area contributed by atoms with Gasteiger partial charge in [-0.15, -0.1) is 0 Å². The molecule has 2 aromatic carbocycles. The molecule has 0 saturated heterocycles. The number of aryl methyl sites for hydroxylation is 2. The monoisotopic (exact) mass is 341 g/mol. The van der Waals surface area contributed by atoms with E-state index in [-0.39, 0.29) is 17.3 Å². The summed E-state index contributed by atoms with van der Waals surface area (Å²) in [5.74, 6) is -1.67. The zero-order valence-corrected chi connectivity index (χ0v) is 13.6. The summed E-state index contributed by atoms with van der Waals surface area (Å²) >= 11 is 0. The zero-order chi connectivity index (χ0) is 18.0. The van der Waals surface area contributed by atoms with Crippen molar-refractivity contribution in [3.05, 3.63) is 64.5 Å². The third kappa shape index (κ3) is 3.74. The van der Waals surface area contributed by atoms with Crippen molar-refractivity contribution in [2.24, 2.45) is 0 Å². The molecule has 0 atom stereocenters. The van der Waals surface area contributed by atoms with E-state index < -0.39 is 18.4 Å². The first-order valence-electron chi connectivity index (χ1n) is 7.83. The van der Waals surface area contributed by atoms with Gasteiger partial charge in [-0.1, -0.05) is 6.07 Å². The summed E-state index contributed by atoms with van der Waals surface area (Å²) in [6.45, 7) is 1.16. The molecule has 2 aromatic rings. The summed E-state index contributed by atoms with van der Waals surface area (Å²) in [6.07, 6.45) is 0.934. The first-order valence-corrected chi connectivity index (χ1v) is 7.83. The van der Waals surface area contributed by atoms with Gasteiger partial charge in [-0.05, 0) is 54.8 Å². The molecule has 0 aromatic heterocycles. The van der Waals surface area contributed by atoms with Crippen LogP contribution in [-0.2, 0) is 16.0 Å². The molecule has 1 aliphatic rings. The first kappa shape index (κ1) is 16.8. The van der Waals surface area contributed by atoms with Crippen LogP contribution in [0.4, 0.5) is 10.1 Å². The third-order valence-electron chi connectivity index (χ3n) is 4.06. The summed E-state index contributed by atoms with van der Waals surface area (Å²) in [4.78, 5) is 35.5. The largest absolute Gasteiger partial charge is 0.454 e. The van der Waals surface area contributed by atoms with Crippen molar-refractivity contribution < 1.29 is 23.5 Å². The Balaban J connectivity index is 1.65. The molecule has 128 valence electrons. The van der Waals surface area contributed by atoms with Crippen LogP contribution in [0.3, 0.4) is 0 Å². The Morgan fingerprint density at radius 3 is 2.64 bits per heavy atom. The number of benzene rings is 2. The summed E-state index contributed by atoms with van der Waals surface area (Å²) in [5.41, 5.74) is 2.45. The Morgan fingerprint density at radius 1 is 1.12 bits per heavy atom. The maximum Gasteiger partial charge on any atom is 0.338 e. The molecule has 1 N–H and O–H groups in total. The molecule has 0 fully saturated rings. The fourth-order valence-electron chi connectivity index (χ4n) is 2.57. The number of nitrogens with one attached hydrogen (secondary N) is 1. The molecule has 3 rings (SSSR count). The molecule has 0 aliphatic carbocycles. The SMILES string of the molecule is Cc1ccc(C(=O)OCC(=O)c2ccc3c(c2)CCC(=O)N3)cc1F. The van der Waals surface area contributed by atoms with Crippen LogP contribution < -0.4 is 5.32 Å². The van der Waals surface area contributed by atoms with Gasteiger partial charge in [0.2, 0.25) is 5.91 Å². The first-order chi connectivity index (χ1) is 11.9. The van der Waals surface area contributed by atoms with Crippen LogP contribution in [0.2, 0.25) is 0 Å². The lowest BCUT2D eigenvalue weighted by molar-refractivity contribution is -0.116. The van der Waals surface area contributed by atoms with E-state index in [0.29, 0.717) is 29.7 Å². The predicted molar refractivity (Wildman–Crippen MR) is 89.1 cm³/mol. The Hall–Kier alpha value is -3.02. The fourth-order valence-corrected chi connectivity index (χ4v) is 2.57. The minimum Gasteiger partial charge on any atom is -0.454 e. The third-order valence-corrected chi connectivity index (χ3v) is 4.06. The molecule has 1 amide bonds. The van der Waals surface area contributed by atoms with Crippen LogP contribution in [0.15, 0.2) is 36.4 Å². The smallest absolute Gasteiger partial charge is 0.338 e. The lowest BCUT2D eigenvalue weighted by Crippen LogP contribution is -2.20. The van der Waals surface area contributed by atoms with Crippen LogP contribution in [0.1, 0.15) is 38.3 Å². The molecular weight excluding hydrogens is 325 g/mol. The molecule has 0 unspecified atom stereocenters. The van der Waals surface area contributed by atoms with Gasteiger partial charge >= 0.3 is 5.97 Å². The number of Topliss-reactive ketones (excluding diaryl/α,β-unsaturated/α-hetero) is 1. The average molecular weight is 341 g/mol. The van der Waals surface area contributed by atoms with Crippen molar-refractivity contribution >= 4 is 23.3 Å². The number of carbonyl (C=O) groups is 3. The summed E-state index contributed by atoms with van der Waals surface area (Å²) in [6, 6.07) is 8.95. The van der Waals surface area contributed by atoms with E-state index in [1.165, 1.54) is 12.1 Å². The fraction of sp³-hybridized carbons (Fsp3) is 0.211. The number of amides is 1. The number of ether oxygens (including phenoxy) is 1. The standard InChI is InChI=1S/C19H16FNO4/c1-11-2-3-14(9-15(11)20)19(24)25-10-17(22)13-4-6-16-12(8-13)5-7-18(23)21-16/h2-4,6,8-9H,5,7,10H2,1H3,(H,21,23). The van der Waals surface area contributed by atoms with Gasteiger partial charge in [-0.2, -0.15) is 0 Å².